The third-order valence-electron chi connectivity index (χ3n) is 3.29. The van der Waals surface area contributed by atoms with Crippen molar-refractivity contribution in [2.45, 2.75) is 33.2 Å². The van der Waals surface area contributed by atoms with Crippen LogP contribution >= 0.6 is 11.6 Å². The number of piperazine rings is 1. The second kappa shape index (κ2) is 4.51. The lowest BCUT2D eigenvalue weighted by atomic mass is 10.0. The number of hydrogen-bond donors (Lipinski definition) is 1. The van der Waals surface area contributed by atoms with Crippen molar-refractivity contribution in [2.24, 2.45) is 0 Å². The van der Waals surface area contributed by atoms with Crippen molar-refractivity contribution in [3.8, 4) is 0 Å². The van der Waals surface area contributed by atoms with Gasteiger partial charge in [-0.05, 0) is 44.9 Å². The standard InChI is InChI=1S/C14H21ClN2/c1-10-7-11(2)13(12(15)8-10)17-6-5-16-14(3,4)9-17/h7-8,16H,5-6,9H2,1-4H3. The minimum absolute atomic E-state index is 0.152. The molecule has 1 aliphatic rings. The molecule has 0 aliphatic carbocycles. The van der Waals surface area contributed by atoms with Gasteiger partial charge >= 0.3 is 0 Å². The maximum atomic E-state index is 6.40. The van der Waals surface area contributed by atoms with Crippen LogP contribution in [0.4, 0.5) is 5.69 Å². The lowest BCUT2D eigenvalue weighted by Crippen LogP contribution is -2.57. The fourth-order valence-electron chi connectivity index (χ4n) is 2.64. The third-order valence-corrected chi connectivity index (χ3v) is 3.57. The molecule has 1 aliphatic heterocycles. The first-order chi connectivity index (χ1) is 7.89. The van der Waals surface area contributed by atoms with E-state index >= 15 is 0 Å². The van der Waals surface area contributed by atoms with E-state index in [1.54, 1.807) is 0 Å². The maximum absolute atomic E-state index is 6.40. The molecule has 1 aromatic carbocycles. The van der Waals surface area contributed by atoms with Gasteiger partial charge in [0.1, 0.15) is 0 Å². The van der Waals surface area contributed by atoms with E-state index in [9.17, 15) is 0 Å². The summed E-state index contributed by atoms with van der Waals surface area (Å²) in [6.45, 7) is 11.7. The summed E-state index contributed by atoms with van der Waals surface area (Å²) >= 11 is 6.40. The van der Waals surface area contributed by atoms with Crippen LogP contribution in [0, 0.1) is 13.8 Å². The van der Waals surface area contributed by atoms with Gasteiger partial charge in [0.2, 0.25) is 0 Å². The fourth-order valence-corrected chi connectivity index (χ4v) is 3.08. The molecule has 3 heteroatoms. The van der Waals surface area contributed by atoms with Crippen LogP contribution in [0.2, 0.25) is 5.02 Å². The zero-order valence-electron chi connectivity index (χ0n) is 11.1. The van der Waals surface area contributed by atoms with Gasteiger partial charge in [0.05, 0.1) is 10.7 Å². The van der Waals surface area contributed by atoms with Crippen molar-refractivity contribution in [1.82, 2.24) is 5.32 Å². The molecule has 1 aromatic rings. The van der Waals surface area contributed by atoms with Gasteiger partial charge in [0.25, 0.3) is 0 Å². The molecule has 0 spiro atoms. The number of rotatable bonds is 1. The Morgan fingerprint density at radius 2 is 2.00 bits per heavy atom. The van der Waals surface area contributed by atoms with Crippen molar-refractivity contribution in [2.75, 3.05) is 24.5 Å². The number of nitrogens with one attached hydrogen (secondary N) is 1. The zero-order valence-corrected chi connectivity index (χ0v) is 11.9. The average molecular weight is 253 g/mol. The molecule has 2 nitrogen and oxygen atoms in total. The smallest absolute Gasteiger partial charge is 0.0644 e. The Morgan fingerprint density at radius 1 is 1.29 bits per heavy atom. The van der Waals surface area contributed by atoms with Gasteiger partial charge in [0, 0.05) is 25.2 Å². The summed E-state index contributed by atoms with van der Waals surface area (Å²) in [5.74, 6) is 0. The Kier molecular flexibility index (Phi) is 3.37. The molecular formula is C14H21ClN2. The van der Waals surface area contributed by atoms with Gasteiger partial charge < -0.3 is 10.2 Å². The fraction of sp³-hybridized carbons (Fsp3) is 0.571. The first kappa shape index (κ1) is 12.7. The minimum atomic E-state index is 0.152. The average Bonchev–Trinajstić information content (AvgIpc) is 2.13. The van der Waals surface area contributed by atoms with Crippen LogP contribution in [0.25, 0.3) is 0 Å². The Balaban J connectivity index is 2.34. The molecule has 0 saturated carbocycles. The highest BCUT2D eigenvalue weighted by atomic mass is 35.5. The summed E-state index contributed by atoms with van der Waals surface area (Å²) in [5, 5.41) is 4.40. The molecule has 2 rings (SSSR count). The highest BCUT2D eigenvalue weighted by Crippen LogP contribution is 2.32. The maximum Gasteiger partial charge on any atom is 0.0644 e. The van der Waals surface area contributed by atoms with E-state index < -0.39 is 0 Å². The molecule has 17 heavy (non-hydrogen) atoms. The number of anilines is 1. The largest absolute Gasteiger partial charge is 0.367 e. The summed E-state index contributed by atoms with van der Waals surface area (Å²) in [6.07, 6.45) is 0. The van der Waals surface area contributed by atoms with Crippen molar-refractivity contribution >= 4 is 17.3 Å². The second-order valence-electron chi connectivity index (χ2n) is 5.64. The van der Waals surface area contributed by atoms with E-state index in [1.165, 1.54) is 16.8 Å². The number of benzene rings is 1. The third kappa shape index (κ3) is 2.75. The van der Waals surface area contributed by atoms with Crippen LogP contribution in [-0.2, 0) is 0 Å². The Morgan fingerprint density at radius 3 is 2.59 bits per heavy atom. The van der Waals surface area contributed by atoms with Crippen molar-refractivity contribution in [1.29, 1.82) is 0 Å². The summed E-state index contributed by atoms with van der Waals surface area (Å²) in [7, 11) is 0. The van der Waals surface area contributed by atoms with Crippen LogP contribution in [-0.4, -0.2) is 25.2 Å². The van der Waals surface area contributed by atoms with Crippen LogP contribution < -0.4 is 10.2 Å². The predicted molar refractivity (Wildman–Crippen MR) is 75.2 cm³/mol. The minimum Gasteiger partial charge on any atom is -0.367 e. The van der Waals surface area contributed by atoms with Gasteiger partial charge in [-0.15, -0.1) is 0 Å². The molecule has 1 heterocycles. The molecule has 0 radical (unpaired) electrons. The summed E-state index contributed by atoms with van der Waals surface area (Å²) in [4.78, 5) is 2.40. The molecule has 94 valence electrons. The Hall–Kier alpha value is -0.730. The van der Waals surface area contributed by atoms with Crippen molar-refractivity contribution < 1.29 is 0 Å². The molecule has 0 aromatic heterocycles. The highest BCUT2D eigenvalue weighted by Gasteiger charge is 2.27. The first-order valence-corrected chi connectivity index (χ1v) is 6.53. The van der Waals surface area contributed by atoms with Gasteiger partial charge in [-0.25, -0.2) is 0 Å². The molecule has 1 fully saturated rings. The Labute approximate surface area is 109 Å². The van der Waals surface area contributed by atoms with Gasteiger partial charge in [-0.2, -0.15) is 0 Å². The molecule has 0 amide bonds. The van der Waals surface area contributed by atoms with Crippen LogP contribution in [0.15, 0.2) is 12.1 Å². The summed E-state index contributed by atoms with van der Waals surface area (Å²) < 4.78 is 0. The molecule has 0 atom stereocenters. The van der Waals surface area contributed by atoms with E-state index in [-0.39, 0.29) is 5.54 Å². The number of halogens is 1. The van der Waals surface area contributed by atoms with E-state index in [2.05, 4.69) is 50.0 Å². The summed E-state index contributed by atoms with van der Waals surface area (Å²) in [5.41, 5.74) is 3.85. The normalized spacial score (nSPS) is 19.5. The van der Waals surface area contributed by atoms with E-state index in [0.717, 1.165) is 24.7 Å². The molecular weight excluding hydrogens is 232 g/mol. The molecule has 0 unspecified atom stereocenters. The Bertz CT molecular complexity index is 403. The SMILES string of the molecule is Cc1cc(C)c(N2CCNC(C)(C)C2)c(Cl)c1. The predicted octanol–water partition coefficient (Wildman–Crippen LogP) is 3.15. The summed E-state index contributed by atoms with van der Waals surface area (Å²) in [6, 6.07) is 4.26. The highest BCUT2D eigenvalue weighted by molar-refractivity contribution is 6.33. The van der Waals surface area contributed by atoms with E-state index in [1.807, 2.05) is 0 Å². The van der Waals surface area contributed by atoms with Crippen LogP contribution in [0.5, 0.6) is 0 Å². The molecule has 1 N–H and O–H groups in total. The van der Waals surface area contributed by atoms with Crippen LogP contribution in [0.1, 0.15) is 25.0 Å². The quantitative estimate of drug-likeness (QED) is 0.826. The van der Waals surface area contributed by atoms with E-state index in [4.69, 9.17) is 11.6 Å². The van der Waals surface area contributed by atoms with Gasteiger partial charge in [-0.3, -0.25) is 0 Å². The van der Waals surface area contributed by atoms with Crippen LogP contribution in [0.3, 0.4) is 0 Å². The van der Waals surface area contributed by atoms with Crippen molar-refractivity contribution in [3.63, 3.8) is 0 Å². The van der Waals surface area contributed by atoms with E-state index in [0.29, 0.717) is 0 Å². The molecule has 1 saturated heterocycles. The topological polar surface area (TPSA) is 15.3 Å². The van der Waals surface area contributed by atoms with Crippen molar-refractivity contribution in [3.05, 3.63) is 28.3 Å². The lowest BCUT2D eigenvalue weighted by Gasteiger charge is -2.41. The lowest BCUT2D eigenvalue weighted by molar-refractivity contribution is 0.353. The number of aryl methyl sites for hydroxylation is 2. The number of hydrogen-bond acceptors (Lipinski definition) is 2. The first-order valence-electron chi connectivity index (χ1n) is 6.16. The zero-order chi connectivity index (χ0) is 12.6. The number of nitrogens with zero attached hydrogens (tertiary/aromatic N) is 1. The second-order valence-corrected chi connectivity index (χ2v) is 6.05. The van der Waals surface area contributed by atoms with Gasteiger partial charge in [-0.1, -0.05) is 17.7 Å². The monoisotopic (exact) mass is 252 g/mol. The van der Waals surface area contributed by atoms with Gasteiger partial charge in [0.15, 0.2) is 0 Å². The molecule has 0 bridgehead atoms.